The molecule has 0 aliphatic carbocycles. The molecule has 1 aromatic carbocycles. The maximum absolute atomic E-state index is 12.0. The van der Waals surface area contributed by atoms with Crippen LogP contribution in [0.5, 0.6) is 5.75 Å². The van der Waals surface area contributed by atoms with Crippen molar-refractivity contribution in [3.05, 3.63) is 28.8 Å². The zero-order chi connectivity index (χ0) is 13.1. The zero-order valence-electron chi connectivity index (χ0n) is 10.4. The zero-order valence-corrected chi connectivity index (χ0v) is 11.9. The number of benzene rings is 1. The highest BCUT2D eigenvalue weighted by atomic mass is 35.5. The van der Waals surface area contributed by atoms with E-state index in [0.29, 0.717) is 18.1 Å². The lowest BCUT2D eigenvalue weighted by molar-refractivity contribution is 0.0778. The molecular formula is C12H16Cl2N2O3. The van der Waals surface area contributed by atoms with Crippen LogP contribution in [0.4, 0.5) is 0 Å². The Kier molecular flexibility index (Phi) is 5.87. The molecule has 0 spiro atoms. The van der Waals surface area contributed by atoms with Crippen molar-refractivity contribution in [1.82, 2.24) is 10.6 Å². The van der Waals surface area contributed by atoms with Crippen LogP contribution in [0, 0.1) is 0 Å². The SMILES string of the molecule is CO[C@H]1CNC[C@@H]1NC(=O)c1ccc(Cl)cc1O.Cl. The standard InChI is InChI=1S/C12H15ClN2O3.ClH/c1-18-11-6-14-5-9(11)15-12(17)8-3-2-7(13)4-10(8)16;/h2-4,9,11,14,16H,5-6H2,1H3,(H,15,17);1H/t9-,11-;/m0./s1. The smallest absolute Gasteiger partial charge is 0.255 e. The molecule has 0 bridgehead atoms. The second-order valence-corrected chi connectivity index (χ2v) is 4.61. The number of phenols is 1. The topological polar surface area (TPSA) is 70.6 Å². The highest BCUT2D eigenvalue weighted by molar-refractivity contribution is 6.30. The first-order chi connectivity index (χ1) is 8.61. The third kappa shape index (κ3) is 3.73. The Bertz CT molecular complexity index is 457. The van der Waals surface area contributed by atoms with E-state index in [0.717, 1.165) is 0 Å². The Balaban J connectivity index is 0.00000180. The van der Waals surface area contributed by atoms with Crippen molar-refractivity contribution in [3.8, 4) is 5.75 Å². The first-order valence-corrected chi connectivity index (χ1v) is 6.02. The summed E-state index contributed by atoms with van der Waals surface area (Å²) in [4.78, 5) is 12.0. The van der Waals surface area contributed by atoms with Gasteiger partial charge in [-0.2, -0.15) is 0 Å². The number of rotatable bonds is 3. The van der Waals surface area contributed by atoms with E-state index in [1.165, 1.54) is 12.1 Å². The summed E-state index contributed by atoms with van der Waals surface area (Å²) in [6.07, 6.45) is -0.0524. The third-order valence-electron chi connectivity index (χ3n) is 2.98. The summed E-state index contributed by atoms with van der Waals surface area (Å²) in [6, 6.07) is 4.31. The van der Waals surface area contributed by atoms with Gasteiger partial charge in [-0.3, -0.25) is 4.79 Å². The molecule has 7 heteroatoms. The van der Waals surface area contributed by atoms with Crippen LogP contribution in [0.3, 0.4) is 0 Å². The average molecular weight is 307 g/mol. The lowest BCUT2D eigenvalue weighted by atomic mass is 10.1. The molecule has 5 nitrogen and oxygen atoms in total. The van der Waals surface area contributed by atoms with Crippen LogP contribution >= 0.6 is 24.0 Å². The third-order valence-corrected chi connectivity index (χ3v) is 3.22. The Morgan fingerprint density at radius 1 is 1.53 bits per heavy atom. The van der Waals surface area contributed by atoms with Gasteiger partial charge in [0.1, 0.15) is 5.75 Å². The number of carbonyl (C=O) groups excluding carboxylic acids is 1. The number of phenolic OH excluding ortho intramolecular Hbond substituents is 1. The number of methoxy groups -OCH3 is 1. The molecule has 0 aromatic heterocycles. The van der Waals surface area contributed by atoms with Crippen LogP contribution in [-0.2, 0) is 4.74 Å². The molecule has 1 fully saturated rings. The van der Waals surface area contributed by atoms with Gasteiger partial charge in [0.05, 0.1) is 17.7 Å². The fourth-order valence-corrected chi connectivity index (χ4v) is 2.16. The molecule has 1 heterocycles. The van der Waals surface area contributed by atoms with Gasteiger partial charge >= 0.3 is 0 Å². The monoisotopic (exact) mass is 306 g/mol. The van der Waals surface area contributed by atoms with Gasteiger partial charge in [-0.25, -0.2) is 0 Å². The predicted molar refractivity (Wildman–Crippen MR) is 75.3 cm³/mol. The van der Waals surface area contributed by atoms with E-state index in [4.69, 9.17) is 16.3 Å². The van der Waals surface area contributed by atoms with E-state index in [9.17, 15) is 9.90 Å². The normalized spacial score (nSPS) is 21.8. The van der Waals surface area contributed by atoms with Crippen LogP contribution < -0.4 is 10.6 Å². The molecular weight excluding hydrogens is 291 g/mol. The van der Waals surface area contributed by atoms with Gasteiger partial charge in [-0.15, -0.1) is 12.4 Å². The minimum atomic E-state index is -0.333. The van der Waals surface area contributed by atoms with Gasteiger partial charge in [0.15, 0.2) is 0 Å². The quantitative estimate of drug-likeness (QED) is 0.784. The Morgan fingerprint density at radius 3 is 2.89 bits per heavy atom. The summed E-state index contributed by atoms with van der Waals surface area (Å²) in [6.45, 7) is 1.35. The molecule has 2 rings (SSSR count). The number of ether oxygens (including phenoxy) is 1. The largest absolute Gasteiger partial charge is 0.507 e. The van der Waals surface area contributed by atoms with E-state index in [1.54, 1.807) is 13.2 Å². The Hall–Kier alpha value is -1.01. The van der Waals surface area contributed by atoms with E-state index in [-0.39, 0.29) is 41.8 Å². The number of hydrogen-bond acceptors (Lipinski definition) is 4. The Labute approximate surface area is 122 Å². The van der Waals surface area contributed by atoms with Crippen molar-refractivity contribution in [3.63, 3.8) is 0 Å². The molecule has 1 aliphatic heterocycles. The van der Waals surface area contributed by atoms with Gasteiger partial charge in [0, 0.05) is 25.2 Å². The van der Waals surface area contributed by atoms with Crippen LogP contribution in [0.1, 0.15) is 10.4 Å². The number of halogens is 2. The first kappa shape index (κ1) is 16.0. The van der Waals surface area contributed by atoms with Gasteiger partial charge in [0.2, 0.25) is 0 Å². The van der Waals surface area contributed by atoms with Crippen molar-refractivity contribution in [2.24, 2.45) is 0 Å². The van der Waals surface area contributed by atoms with Crippen molar-refractivity contribution >= 4 is 29.9 Å². The van der Waals surface area contributed by atoms with E-state index in [2.05, 4.69) is 10.6 Å². The fraction of sp³-hybridized carbons (Fsp3) is 0.417. The van der Waals surface area contributed by atoms with Crippen molar-refractivity contribution in [2.45, 2.75) is 12.1 Å². The van der Waals surface area contributed by atoms with E-state index in [1.807, 2.05) is 0 Å². The first-order valence-electron chi connectivity index (χ1n) is 5.64. The second kappa shape index (κ2) is 6.96. The van der Waals surface area contributed by atoms with Crippen molar-refractivity contribution in [2.75, 3.05) is 20.2 Å². The summed E-state index contributed by atoms with van der Waals surface area (Å²) in [5, 5.41) is 16.0. The minimum Gasteiger partial charge on any atom is -0.507 e. The number of nitrogens with one attached hydrogen (secondary N) is 2. The molecule has 19 heavy (non-hydrogen) atoms. The molecule has 0 unspecified atom stereocenters. The summed E-state index contributed by atoms with van der Waals surface area (Å²) in [7, 11) is 1.61. The second-order valence-electron chi connectivity index (χ2n) is 4.17. The highest BCUT2D eigenvalue weighted by Gasteiger charge is 2.28. The number of aromatic hydroxyl groups is 1. The number of carbonyl (C=O) groups is 1. The number of hydrogen-bond donors (Lipinski definition) is 3. The van der Waals surface area contributed by atoms with E-state index >= 15 is 0 Å². The molecule has 2 atom stereocenters. The molecule has 1 saturated heterocycles. The van der Waals surface area contributed by atoms with Gasteiger partial charge < -0.3 is 20.5 Å². The lowest BCUT2D eigenvalue weighted by Gasteiger charge is -2.18. The maximum atomic E-state index is 12.0. The van der Waals surface area contributed by atoms with Crippen LogP contribution in [0.25, 0.3) is 0 Å². The van der Waals surface area contributed by atoms with Gasteiger partial charge in [-0.05, 0) is 18.2 Å². The van der Waals surface area contributed by atoms with Crippen molar-refractivity contribution in [1.29, 1.82) is 0 Å². The average Bonchev–Trinajstić information content (AvgIpc) is 2.76. The van der Waals surface area contributed by atoms with Crippen LogP contribution in [0.2, 0.25) is 5.02 Å². The van der Waals surface area contributed by atoms with Crippen molar-refractivity contribution < 1.29 is 14.6 Å². The summed E-state index contributed by atoms with van der Waals surface area (Å²) < 4.78 is 5.25. The molecule has 1 aromatic rings. The summed E-state index contributed by atoms with van der Waals surface area (Å²) >= 11 is 5.72. The maximum Gasteiger partial charge on any atom is 0.255 e. The molecule has 0 radical (unpaired) electrons. The molecule has 3 N–H and O–H groups in total. The van der Waals surface area contributed by atoms with Crippen LogP contribution in [-0.4, -0.2) is 43.4 Å². The molecule has 106 valence electrons. The summed E-state index contributed by atoms with van der Waals surface area (Å²) in [5.74, 6) is -0.458. The molecule has 0 saturated carbocycles. The van der Waals surface area contributed by atoms with Crippen LogP contribution in [0.15, 0.2) is 18.2 Å². The molecule has 1 aliphatic rings. The highest BCUT2D eigenvalue weighted by Crippen LogP contribution is 2.22. The molecule has 1 amide bonds. The number of amides is 1. The van der Waals surface area contributed by atoms with E-state index < -0.39 is 0 Å². The fourth-order valence-electron chi connectivity index (χ4n) is 1.99. The minimum absolute atomic E-state index is 0. The van der Waals surface area contributed by atoms with Gasteiger partial charge in [-0.1, -0.05) is 11.6 Å². The summed E-state index contributed by atoms with van der Waals surface area (Å²) in [5.41, 5.74) is 0.209. The van der Waals surface area contributed by atoms with Gasteiger partial charge in [0.25, 0.3) is 5.91 Å². The predicted octanol–water partition coefficient (Wildman–Crippen LogP) is 1.18. The lowest BCUT2D eigenvalue weighted by Crippen LogP contribution is -2.43. The Morgan fingerprint density at radius 2 is 2.26 bits per heavy atom.